The van der Waals surface area contributed by atoms with Gasteiger partial charge in [-0.3, -0.25) is 14.5 Å². The average Bonchev–Trinajstić information content (AvgIpc) is 3.51. The van der Waals surface area contributed by atoms with Gasteiger partial charge in [-0.25, -0.2) is 0 Å². The number of hydrogen-bond acceptors (Lipinski definition) is 7. The summed E-state index contributed by atoms with van der Waals surface area (Å²) in [5.41, 5.74) is 5.65. The monoisotopic (exact) mass is 602 g/mol. The first-order valence-corrected chi connectivity index (χ1v) is 15.4. The summed E-state index contributed by atoms with van der Waals surface area (Å²) in [5, 5.41) is 31.1. The Balaban J connectivity index is 1.35. The predicted molar refractivity (Wildman–Crippen MR) is 165 cm³/mol. The van der Waals surface area contributed by atoms with Gasteiger partial charge in [0.05, 0.1) is 31.8 Å². The van der Waals surface area contributed by atoms with Gasteiger partial charge < -0.3 is 30.1 Å². The molecule has 1 amide bonds. The maximum absolute atomic E-state index is 12.1. The molecule has 44 heavy (non-hydrogen) atoms. The summed E-state index contributed by atoms with van der Waals surface area (Å²) in [6.07, 6.45) is 0.866. The molecule has 0 saturated carbocycles. The number of aliphatic hydroxyl groups is 2. The smallest absolute Gasteiger partial charge is 0.303 e. The van der Waals surface area contributed by atoms with E-state index in [1.807, 2.05) is 72.8 Å². The molecule has 5 rings (SSSR count). The van der Waals surface area contributed by atoms with Gasteiger partial charge in [-0.15, -0.1) is 0 Å². The van der Waals surface area contributed by atoms with Crippen LogP contribution in [0, 0.1) is 5.92 Å². The summed E-state index contributed by atoms with van der Waals surface area (Å²) in [4.78, 5) is 25.2. The quantitative estimate of drug-likeness (QED) is 0.237. The maximum Gasteiger partial charge on any atom is 0.303 e. The standard InChI is InChI=1S/C35H42N2O7/c1-23-31(20-37-18-4-6-29(37)22-39)43-35(44-34(23)26-10-8-24(21-38)9-11-26)27-14-12-25(13-15-27)30-7-3-2-5-28(30)19-36-32(40)16-17-33(41)42/h2-3,5,7-15,23,29,31,34-35,38-39H,4,6,16-22H2,1H3,(H,36,40)(H,41,42). The molecule has 2 saturated heterocycles. The lowest BCUT2D eigenvalue weighted by Gasteiger charge is -2.43. The lowest BCUT2D eigenvalue weighted by molar-refractivity contribution is -0.276. The minimum atomic E-state index is -0.997. The molecule has 0 bridgehead atoms. The van der Waals surface area contributed by atoms with Crippen LogP contribution in [0.5, 0.6) is 0 Å². The van der Waals surface area contributed by atoms with E-state index in [-0.39, 0.29) is 56.1 Å². The fraction of sp³-hybridized carbons (Fsp3) is 0.429. The van der Waals surface area contributed by atoms with E-state index in [1.165, 1.54) is 0 Å². The van der Waals surface area contributed by atoms with Crippen LogP contribution in [0.1, 0.15) is 67.3 Å². The van der Waals surface area contributed by atoms with Crippen molar-refractivity contribution in [3.05, 3.63) is 95.1 Å². The van der Waals surface area contributed by atoms with Gasteiger partial charge in [0.2, 0.25) is 5.91 Å². The van der Waals surface area contributed by atoms with Crippen molar-refractivity contribution >= 4 is 11.9 Å². The number of amides is 1. The Morgan fingerprint density at radius 2 is 1.66 bits per heavy atom. The molecule has 3 aromatic carbocycles. The van der Waals surface area contributed by atoms with Gasteiger partial charge in [0.15, 0.2) is 6.29 Å². The van der Waals surface area contributed by atoms with Gasteiger partial charge in [0, 0.05) is 37.0 Å². The van der Waals surface area contributed by atoms with Gasteiger partial charge in [-0.1, -0.05) is 79.7 Å². The molecule has 5 atom stereocenters. The topological polar surface area (TPSA) is 129 Å². The highest BCUT2D eigenvalue weighted by Crippen LogP contribution is 2.42. The fourth-order valence-corrected chi connectivity index (χ4v) is 6.18. The van der Waals surface area contributed by atoms with E-state index < -0.39 is 12.3 Å². The number of carbonyl (C=O) groups is 2. The van der Waals surface area contributed by atoms with E-state index in [9.17, 15) is 19.8 Å². The number of nitrogens with zero attached hydrogens (tertiary/aromatic N) is 1. The molecule has 2 fully saturated rings. The number of carboxylic acid groups (broad SMARTS) is 1. The van der Waals surface area contributed by atoms with Crippen LogP contribution in [0.2, 0.25) is 0 Å². The molecule has 0 aliphatic carbocycles. The summed E-state index contributed by atoms with van der Waals surface area (Å²) in [7, 11) is 0. The molecule has 3 aromatic rings. The molecule has 0 aromatic heterocycles. The summed E-state index contributed by atoms with van der Waals surface area (Å²) in [5.74, 6) is -1.24. The van der Waals surface area contributed by atoms with E-state index in [1.54, 1.807) is 0 Å². The first kappa shape index (κ1) is 31.8. The number of nitrogens with one attached hydrogen (secondary N) is 1. The van der Waals surface area contributed by atoms with Crippen molar-refractivity contribution in [2.75, 3.05) is 19.7 Å². The molecular formula is C35H42N2O7. The SMILES string of the molecule is CC1C(CN2CCCC2CO)OC(c2ccc(-c3ccccc3CNC(=O)CCC(=O)O)cc2)OC1c1ccc(CO)cc1. The van der Waals surface area contributed by atoms with E-state index in [2.05, 4.69) is 17.1 Å². The van der Waals surface area contributed by atoms with Gasteiger partial charge >= 0.3 is 5.97 Å². The van der Waals surface area contributed by atoms with Crippen LogP contribution in [0.15, 0.2) is 72.8 Å². The number of aliphatic carboxylic acids is 1. The zero-order chi connectivity index (χ0) is 31.1. The third-order valence-electron chi connectivity index (χ3n) is 8.80. The lowest BCUT2D eigenvalue weighted by Crippen LogP contribution is -2.46. The summed E-state index contributed by atoms with van der Waals surface area (Å²) < 4.78 is 13.3. The summed E-state index contributed by atoms with van der Waals surface area (Å²) in [6, 6.07) is 23.9. The molecule has 9 heteroatoms. The van der Waals surface area contributed by atoms with Gasteiger partial charge in [0.1, 0.15) is 0 Å². The minimum absolute atomic E-state index is 0.0141. The minimum Gasteiger partial charge on any atom is -0.481 e. The first-order valence-electron chi connectivity index (χ1n) is 15.4. The predicted octanol–water partition coefficient (Wildman–Crippen LogP) is 4.58. The number of carbonyl (C=O) groups excluding carboxylic acids is 1. The highest BCUT2D eigenvalue weighted by atomic mass is 16.7. The molecule has 2 heterocycles. The Morgan fingerprint density at radius 3 is 2.36 bits per heavy atom. The van der Waals surface area contributed by atoms with Crippen molar-refractivity contribution in [2.24, 2.45) is 5.92 Å². The van der Waals surface area contributed by atoms with Gasteiger partial charge in [-0.2, -0.15) is 0 Å². The molecule has 0 radical (unpaired) electrons. The molecule has 5 unspecified atom stereocenters. The molecule has 4 N–H and O–H groups in total. The third kappa shape index (κ3) is 7.72. The van der Waals surface area contributed by atoms with Crippen LogP contribution in [0.3, 0.4) is 0 Å². The van der Waals surface area contributed by atoms with Gasteiger partial charge in [0.25, 0.3) is 0 Å². The van der Waals surface area contributed by atoms with E-state index in [0.29, 0.717) is 13.1 Å². The molecule has 2 aliphatic heterocycles. The van der Waals surface area contributed by atoms with E-state index >= 15 is 0 Å². The normalized spacial score (nSPS) is 23.8. The number of ether oxygens (including phenoxy) is 2. The van der Waals surface area contributed by atoms with Crippen LogP contribution in [0.4, 0.5) is 0 Å². The van der Waals surface area contributed by atoms with E-state index in [4.69, 9.17) is 14.6 Å². The van der Waals surface area contributed by atoms with Crippen LogP contribution >= 0.6 is 0 Å². The number of aliphatic hydroxyl groups excluding tert-OH is 2. The Morgan fingerprint density at radius 1 is 0.932 bits per heavy atom. The average molecular weight is 603 g/mol. The Labute approximate surface area is 258 Å². The second-order valence-electron chi connectivity index (χ2n) is 11.7. The fourth-order valence-electron chi connectivity index (χ4n) is 6.18. The van der Waals surface area contributed by atoms with Gasteiger partial charge in [-0.05, 0) is 47.2 Å². The Bertz CT molecular complexity index is 1390. The Hall–Kier alpha value is -3.60. The molecule has 2 aliphatic rings. The van der Waals surface area contributed by atoms with Crippen molar-refractivity contribution in [1.29, 1.82) is 0 Å². The molecular weight excluding hydrogens is 560 g/mol. The Kier molecular flexibility index (Phi) is 10.8. The van der Waals surface area contributed by atoms with Crippen molar-refractivity contribution in [3.63, 3.8) is 0 Å². The molecule has 0 spiro atoms. The maximum atomic E-state index is 12.1. The number of likely N-dealkylation sites (tertiary alicyclic amines) is 1. The lowest BCUT2D eigenvalue weighted by atomic mass is 9.89. The second kappa shape index (κ2) is 14.9. The van der Waals surface area contributed by atoms with Crippen molar-refractivity contribution in [3.8, 4) is 11.1 Å². The number of hydrogen-bond donors (Lipinski definition) is 4. The molecule has 234 valence electrons. The van der Waals surface area contributed by atoms with E-state index in [0.717, 1.165) is 52.8 Å². The van der Waals surface area contributed by atoms with Crippen LogP contribution in [-0.2, 0) is 32.2 Å². The molecule has 9 nitrogen and oxygen atoms in total. The highest BCUT2D eigenvalue weighted by molar-refractivity contribution is 5.80. The van der Waals surface area contributed by atoms with Crippen molar-refractivity contribution < 1.29 is 34.4 Å². The third-order valence-corrected chi connectivity index (χ3v) is 8.80. The number of rotatable bonds is 12. The number of carboxylic acids is 1. The zero-order valence-corrected chi connectivity index (χ0v) is 25.1. The van der Waals surface area contributed by atoms with Crippen LogP contribution < -0.4 is 5.32 Å². The van der Waals surface area contributed by atoms with Crippen LogP contribution in [0.25, 0.3) is 11.1 Å². The largest absolute Gasteiger partial charge is 0.481 e. The highest BCUT2D eigenvalue weighted by Gasteiger charge is 2.40. The van der Waals surface area contributed by atoms with Crippen molar-refractivity contribution in [2.45, 2.75) is 70.3 Å². The van der Waals surface area contributed by atoms with Crippen LogP contribution in [-0.4, -0.2) is 63.9 Å². The summed E-state index contributed by atoms with van der Waals surface area (Å²) >= 11 is 0. The second-order valence-corrected chi connectivity index (χ2v) is 11.7. The number of benzene rings is 3. The first-order chi connectivity index (χ1) is 21.4. The zero-order valence-electron chi connectivity index (χ0n) is 25.1. The van der Waals surface area contributed by atoms with Crippen molar-refractivity contribution in [1.82, 2.24) is 10.2 Å². The summed E-state index contributed by atoms with van der Waals surface area (Å²) in [6.45, 7) is 4.22.